The molecule has 5 nitrogen and oxygen atoms in total. The number of piperidine rings is 1. The molecular weight excluding hydrogens is 475 g/mol. The normalized spacial score (nSPS) is 19.6. The maximum atomic E-state index is 6.23. The molecule has 3 N–H and O–H groups in total. The maximum Gasteiger partial charge on any atom is 0.189 e. The van der Waals surface area contributed by atoms with Gasteiger partial charge >= 0.3 is 0 Å². The number of rotatable bonds is 5. The smallest absolute Gasteiger partial charge is 0.189 e. The van der Waals surface area contributed by atoms with Crippen molar-refractivity contribution in [2.75, 3.05) is 19.7 Å². The van der Waals surface area contributed by atoms with Crippen LogP contribution in [0.2, 0.25) is 0 Å². The van der Waals surface area contributed by atoms with Gasteiger partial charge in [-0.05, 0) is 43.1 Å². The first-order chi connectivity index (χ1) is 13.8. The average molecular weight is 506 g/mol. The quantitative estimate of drug-likeness (QED) is 0.362. The van der Waals surface area contributed by atoms with Crippen molar-refractivity contribution in [3.8, 4) is 5.75 Å². The molecule has 156 valence electrons. The maximum absolute atomic E-state index is 6.23. The second-order valence-electron chi connectivity index (χ2n) is 7.68. The number of fused-ring (bicyclic) bond motifs is 1. The molecule has 0 spiro atoms. The van der Waals surface area contributed by atoms with Crippen LogP contribution in [0, 0.1) is 0 Å². The Morgan fingerprint density at radius 1 is 1.03 bits per heavy atom. The Morgan fingerprint density at radius 2 is 1.76 bits per heavy atom. The van der Waals surface area contributed by atoms with Gasteiger partial charge in [0, 0.05) is 18.5 Å². The van der Waals surface area contributed by atoms with Crippen LogP contribution in [-0.4, -0.2) is 30.6 Å². The summed E-state index contributed by atoms with van der Waals surface area (Å²) in [5.41, 5.74) is 10.00. The van der Waals surface area contributed by atoms with E-state index < -0.39 is 0 Å². The van der Waals surface area contributed by atoms with Gasteiger partial charge in [-0.2, -0.15) is 0 Å². The van der Waals surface area contributed by atoms with E-state index in [9.17, 15) is 0 Å². The first kappa shape index (κ1) is 21.9. The Kier molecular flexibility index (Phi) is 8.18. The second-order valence-corrected chi connectivity index (χ2v) is 7.68. The molecule has 0 amide bonds. The van der Waals surface area contributed by atoms with E-state index in [2.05, 4.69) is 45.5 Å². The fourth-order valence-corrected chi connectivity index (χ4v) is 4.11. The first-order valence-corrected chi connectivity index (χ1v) is 10.4. The van der Waals surface area contributed by atoms with Crippen molar-refractivity contribution in [1.82, 2.24) is 10.2 Å². The highest BCUT2D eigenvalue weighted by Gasteiger charge is 2.21. The molecule has 0 saturated carbocycles. The van der Waals surface area contributed by atoms with Crippen molar-refractivity contribution in [3.63, 3.8) is 0 Å². The molecule has 2 aromatic carbocycles. The lowest BCUT2D eigenvalue weighted by Crippen LogP contribution is -2.37. The van der Waals surface area contributed by atoms with Gasteiger partial charge in [-0.15, -0.1) is 24.0 Å². The fraction of sp³-hybridized carbons (Fsp3) is 0.435. The van der Waals surface area contributed by atoms with Crippen molar-refractivity contribution in [3.05, 3.63) is 65.2 Å². The fourth-order valence-electron chi connectivity index (χ4n) is 4.11. The number of likely N-dealkylation sites (tertiary alicyclic amines) is 1. The first-order valence-electron chi connectivity index (χ1n) is 10.4. The Morgan fingerprint density at radius 3 is 2.59 bits per heavy atom. The standard InChI is InChI=1S/C23H30N4O.HI/c24-23(26-21-12-15-28-22-11-5-4-10-20(21)22)25-16-18-8-2-3-9-19(18)17-27-13-6-1-7-14-27;/h2-5,8-11,21H,1,6-7,12-17H2,(H3,24,25,26);1H. The molecule has 2 aromatic rings. The molecule has 1 fully saturated rings. The molecule has 29 heavy (non-hydrogen) atoms. The highest BCUT2D eigenvalue weighted by atomic mass is 127. The lowest BCUT2D eigenvalue weighted by Gasteiger charge is -2.27. The van der Waals surface area contributed by atoms with E-state index in [1.54, 1.807) is 0 Å². The lowest BCUT2D eigenvalue weighted by atomic mass is 10.0. The molecule has 2 heterocycles. The Bertz CT molecular complexity index is 820. The van der Waals surface area contributed by atoms with Crippen LogP contribution in [0.4, 0.5) is 0 Å². The second kappa shape index (κ2) is 10.8. The summed E-state index contributed by atoms with van der Waals surface area (Å²) < 4.78 is 5.73. The van der Waals surface area contributed by atoms with Crippen LogP contribution >= 0.6 is 24.0 Å². The van der Waals surface area contributed by atoms with E-state index >= 15 is 0 Å². The summed E-state index contributed by atoms with van der Waals surface area (Å²) in [5.74, 6) is 1.43. The molecule has 0 aromatic heterocycles. The zero-order valence-corrected chi connectivity index (χ0v) is 19.2. The van der Waals surface area contributed by atoms with Gasteiger partial charge in [-0.1, -0.05) is 48.9 Å². The number of benzene rings is 2. The summed E-state index contributed by atoms with van der Waals surface area (Å²) >= 11 is 0. The summed E-state index contributed by atoms with van der Waals surface area (Å²) in [6, 6.07) is 16.9. The van der Waals surface area contributed by atoms with E-state index in [0.29, 0.717) is 19.1 Å². The molecule has 4 rings (SSSR count). The predicted molar refractivity (Wildman–Crippen MR) is 129 cm³/mol. The van der Waals surface area contributed by atoms with E-state index in [-0.39, 0.29) is 30.0 Å². The third-order valence-corrected chi connectivity index (χ3v) is 5.66. The van der Waals surface area contributed by atoms with Gasteiger partial charge in [-0.3, -0.25) is 4.90 Å². The van der Waals surface area contributed by atoms with E-state index in [1.165, 1.54) is 43.5 Å². The number of para-hydroxylation sites is 1. The van der Waals surface area contributed by atoms with Crippen LogP contribution in [-0.2, 0) is 13.1 Å². The number of halogens is 1. The van der Waals surface area contributed by atoms with Gasteiger partial charge in [0.1, 0.15) is 5.75 Å². The molecule has 2 aliphatic heterocycles. The molecule has 1 atom stereocenters. The van der Waals surface area contributed by atoms with E-state index in [1.807, 2.05) is 18.2 Å². The molecular formula is C23H31IN4O. The van der Waals surface area contributed by atoms with Crippen LogP contribution in [0.25, 0.3) is 0 Å². The minimum Gasteiger partial charge on any atom is -0.493 e. The Labute approximate surface area is 190 Å². The van der Waals surface area contributed by atoms with Crippen molar-refractivity contribution in [2.45, 2.75) is 44.8 Å². The highest BCUT2D eigenvalue weighted by Crippen LogP contribution is 2.31. The minimum absolute atomic E-state index is 0. The number of hydrogen-bond donors (Lipinski definition) is 2. The van der Waals surface area contributed by atoms with E-state index in [4.69, 9.17) is 10.5 Å². The SMILES string of the molecule is I.NC(=NCc1ccccc1CN1CCCCC1)NC1CCOc2ccccc21. The summed E-state index contributed by atoms with van der Waals surface area (Å²) in [6.07, 6.45) is 4.87. The lowest BCUT2D eigenvalue weighted by molar-refractivity contribution is 0.220. The number of hydrogen-bond acceptors (Lipinski definition) is 3. The van der Waals surface area contributed by atoms with Crippen LogP contribution in [0.1, 0.15) is 48.4 Å². The van der Waals surface area contributed by atoms with Gasteiger partial charge in [0.2, 0.25) is 0 Å². The molecule has 6 heteroatoms. The zero-order valence-electron chi connectivity index (χ0n) is 16.8. The van der Waals surface area contributed by atoms with Gasteiger partial charge in [-0.25, -0.2) is 4.99 Å². The number of ether oxygens (including phenoxy) is 1. The molecule has 0 radical (unpaired) electrons. The van der Waals surface area contributed by atoms with Gasteiger partial charge in [0.25, 0.3) is 0 Å². The predicted octanol–water partition coefficient (Wildman–Crippen LogP) is 4.22. The number of guanidine groups is 1. The summed E-state index contributed by atoms with van der Waals surface area (Å²) in [6.45, 7) is 4.70. The summed E-state index contributed by atoms with van der Waals surface area (Å²) in [7, 11) is 0. The van der Waals surface area contributed by atoms with Crippen molar-refractivity contribution in [1.29, 1.82) is 0 Å². The number of aliphatic imine (C=N–C) groups is 1. The van der Waals surface area contributed by atoms with Crippen LogP contribution in [0.15, 0.2) is 53.5 Å². The largest absolute Gasteiger partial charge is 0.493 e. The van der Waals surface area contributed by atoms with Crippen molar-refractivity contribution in [2.24, 2.45) is 10.7 Å². The van der Waals surface area contributed by atoms with Gasteiger partial charge in [0.05, 0.1) is 19.2 Å². The van der Waals surface area contributed by atoms with Crippen LogP contribution < -0.4 is 15.8 Å². The molecule has 2 aliphatic rings. The summed E-state index contributed by atoms with van der Waals surface area (Å²) in [5, 5.41) is 3.38. The van der Waals surface area contributed by atoms with Crippen molar-refractivity contribution >= 4 is 29.9 Å². The van der Waals surface area contributed by atoms with Crippen molar-refractivity contribution < 1.29 is 4.74 Å². The van der Waals surface area contributed by atoms with Gasteiger partial charge < -0.3 is 15.8 Å². The molecule has 0 bridgehead atoms. The number of nitrogens with one attached hydrogen (secondary N) is 1. The highest BCUT2D eigenvalue weighted by molar-refractivity contribution is 14.0. The third kappa shape index (κ3) is 5.85. The minimum atomic E-state index is 0. The Hall–Kier alpha value is -1.80. The van der Waals surface area contributed by atoms with Crippen LogP contribution in [0.5, 0.6) is 5.75 Å². The number of nitrogens with two attached hydrogens (primary N) is 1. The molecule has 1 saturated heterocycles. The third-order valence-electron chi connectivity index (χ3n) is 5.66. The average Bonchev–Trinajstić information content (AvgIpc) is 2.74. The zero-order chi connectivity index (χ0) is 19.2. The van der Waals surface area contributed by atoms with Crippen LogP contribution in [0.3, 0.4) is 0 Å². The summed E-state index contributed by atoms with van der Waals surface area (Å²) in [4.78, 5) is 7.19. The topological polar surface area (TPSA) is 62.9 Å². The Balaban J connectivity index is 0.00000240. The number of nitrogens with zero attached hydrogens (tertiary/aromatic N) is 2. The molecule has 1 unspecified atom stereocenters. The van der Waals surface area contributed by atoms with E-state index in [0.717, 1.165) is 24.3 Å². The molecule has 0 aliphatic carbocycles. The van der Waals surface area contributed by atoms with Gasteiger partial charge in [0.15, 0.2) is 5.96 Å². The monoisotopic (exact) mass is 506 g/mol.